The number of benzene rings is 3. The molecule has 3 aromatic carbocycles. The highest BCUT2D eigenvalue weighted by Crippen LogP contribution is 2.40. The normalized spacial score (nSPS) is 11.4. The molecule has 4 rings (SSSR count). The lowest BCUT2D eigenvalue weighted by Crippen LogP contribution is -1.85. The number of aromatic hydroxyl groups is 2. The van der Waals surface area contributed by atoms with E-state index in [0.717, 1.165) is 28.2 Å². The maximum Gasteiger partial charge on any atom is 0.147 e. The van der Waals surface area contributed by atoms with Gasteiger partial charge in [0.05, 0.1) is 28.3 Å². The third kappa shape index (κ3) is 3.86. The molecule has 0 aliphatic heterocycles. The largest absolute Gasteiger partial charge is 0.506 e. The molecule has 3 N–H and O–H groups in total. The number of nitrogens with one attached hydrogen (secondary N) is 1. The molecular weight excluding hydrogens is 502 g/mol. The number of phenols is 2. The molecule has 0 saturated heterocycles. The standard InChI is InChI=1S/C21H15Br2N3O3/c1-29-14-4-2-3-11(7-14)21-25-16-6-5-13(9-17(16)26-21)24-10-12-8-15(22)20(28)18(23)19(12)27/h2-10,27-28H,1H3,(H,25,26). The zero-order valence-corrected chi connectivity index (χ0v) is 18.3. The molecule has 8 heteroatoms. The van der Waals surface area contributed by atoms with Crippen molar-refractivity contribution in [2.45, 2.75) is 0 Å². The molecule has 29 heavy (non-hydrogen) atoms. The Hall–Kier alpha value is -2.84. The first-order chi connectivity index (χ1) is 14.0. The molecule has 0 spiro atoms. The van der Waals surface area contributed by atoms with Gasteiger partial charge in [0, 0.05) is 17.3 Å². The maximum atomic E-state index is 10.2. The van der Waals surface area contributed by atoms with E-state index >= 15 is 0 Å². The lowest BCUT2D eigenvalue weighted by molar-refractivity contribution is 0.415. The van der Waals surface area contributed by atoms with Gasteiger partial charge in [-0.25, -0.2) is 4.98 Å². The number of imidazole rings is 1. The van der Waals surface area contributed by atoms with Gasteiger partial charge in [-0.3, -0.25) is 4.99 Å². The van der Waals surface area contributed by atoms with Crippen molar-refractivity contribution in [1.82, 2.24) is 9.97 Å². The molecule has 0 amide bonds. The number of hydrogen-bond donors (Lipinski definition) is 3. The Morgan fingerprint density at radius 2 is 1.90 bits per heavy atom. The molecule has 0 aliphatic carbocycles. The van der Waals surface area contributed by atoms with E-state index < -0.39 is 0 Å². The van der Waals surface area contributed by atoms with Crippen molar-refractivity contribution in [3.8, 4) is 28.6 Å². The van der Waals surface area contributed by atoms with Gasteiger partial charge in [-0.2, -0.15) is 0 Å². The number of aliphatic imine (C=N–C) groups is 1. The van der Waals surface area contributed by atoms with Crippen molar-refractivity contribution < 1.29 is 14.9 Å². The van der Waals surface area contributed by atoms with Crippen LogP contribution < -0.4 is 4.74 Å². The third-order valence-electron chi connectivity index (χ3n) is 4.36. The highest BCUT2D eigenvalue weighted by Gasteiger charge is 2.13. The molecule has 0 radical (unpaired) electrons. The van der Waals surface area contributed by atoms with Gasteiger partial charge in [0.1, 0.15) is 27.5 Å². The van der Waals surface area contributed by atoms with Crippen molar-refractivity contribution in [3.05, 3.63) is 63.0 Å². The van der Waals surface area contributed by atoms with E-state index in [1.165, 1.54) is 6.21 Å². The van der Waals surface area contributed by atoms with Crippen LogP contribution in [-0.2, 0) is 0 Å². The summed E-state index contributed by atoms with van der Waals surface area (Å²) in [7, 11) is 1.63. The van der Waals surface area contributed by atoms with Gasteiger partial charge in [-0.15, -0.1) is 0 Å². The molecule has 0 fully saturated rings. The molecule has 0 atom stereocenters. The molecule has 0 aliphatic rings. The van der Waals surface area contributed by atoms with Crippen molar-refractivity contribution in [1.29, 1.82) is 0 Å². The van der Waals surface area contributed by atoms with Crippen LogP contribution in [0.25, 0.3) is 22.4 Å². The van der Waals surface area contributed by atoms with Crippen LogP contribution in [0.2, 0.25) is 0 Å². The first kappa shape index (κ1) is 19.5. The summed E-state index contributed by atoms with van der Waals surface area (Å²) in [6.07, 6.45) is 1.53. The van der Waals surface area contributed by atoms with Crippen LogP contribution in [0, 0.1) is 0 Å². The number of fused-ring (bicyclic) bond motifs is 1. The number of nitrogens with zero attached hydrogens (tertiary/aromatic N) is 2. The number of methoxy groups -OCH3 is 1. The summed E-state index contributed by atoms with van der Waals surface area (Å²) < 4.78 is 5.94. The molecule has 0 saturated carbocycles. The number of hydrogen-bond acceptors (Lipinski definition) is 5. The average Bonchev–Trinajstić information content (AvgIpc) is 3.17. The number of H-pyrrole nitrogens is 1. The van der Waals surface area contributed by atoms with Gasteiger partial charge >= 0.3 is 0 Å². The second-order valence-electron chi connectivity index (χ2n) is 6.24. The van der Waals surface area contributed by atoms with Crippen molar-refractivity contribution >= 4 is 54.8 Å². The van der Waals surface area contributed by atoms with Gasteiger partial charge in [0.2, 0.25) is 0 Å². The van der Waals surface area contributed by atoms with Gasteiger partial charge in [0.15, 0.2) is 0 Å². The van der Waals surface area contributed by atoms with E-state index in [1.54, 1.807) is 13.2 Å². The van der Waals surface area contributed by atoms with E-state index in [-0.39, 0.29) is 16.0 Å². The van der Waals surface area contributed by atoms with Crippen molar-refractivity contribution in [2.24, 2.45) is 4.99 Å². The second-order valence-corrected chi connectivity index (χ2v) is 7.88. The van der Waals surface area contributed by atoms with Gasteiger partial charge in [-0.05, 0) is 68.3 Å². The first-order valence-electron chi connectivity index (χ1n) is 8.54. The minimum atomic E-state index is -0.0858. The fourth-order valence-electron chi connectivity index (χ4n) is 2.84. The number of rotatable bonds is 4. The lowest BCUT2D eigenvalue weighted by atomic mass is 10.2. The van der Waals surface area contributed by atoms with Crippen LogP contribution in [0.4, 0.5) is 5.69 Å². The molecule has 6 nitrogen and oxygen atoms in total. The number of aromatic amines is 1. The van der Waals surface area contributed by atoms with E-state index in [9.17, 15) is 10.2 Å². The van der Waals surface area contributed by atoms with Crippen molar-refractivity contribution in [3.63, 3.8) is 0 Å². The number of ether oxygens (including phenoxy) is 1. The maximum absolute atomic E-state index is 10.2. The second kappa shape index (κ2) is 7.88. The minimum Gasteiger partial charge on any atom is -0.506 e. The molecule has 1 aromatic heterocycles. The molecule has 146 valence electrons. The summed E-state index contributed by atoms with van der Waals surface area (Å²) in [4.78, 5) is 12.4. The van der Waals surface area contributed by atoms with E-state index in [1.807, 2.05) is 42.5 Å². The average molecular weight is 517 g/mol. The molecule has 1 heterocycles. The molecule has 4 aromatic rings. The first-order valence-corrected chi connectivity index (χ1v) is 10.1. The Kier molecular flexibility index (Phi) is 5.29. The number of phenolic OH excluding ortho intramolecular Hbond substituents is 2. The third-order valence-corrected chi connectivity index (χ3v) is 5.71. The predicted molar refractivity (Wildman–Crippen MR) is 121 cm³/mol. The Bertz CT molecular complexity index is 1250. The van der Waals surface area contributed by atoms with Crippen LogP contribution in [0.3, 0.4) is 0 Å². The Morgan fingerprint density at radius 3 is 2.69 bits per heavy atom. The molecule has 0 bridgehead atoms. The monoisotopic (exact) mass is 515 g/mol. The minimum absolute atomic E-state index is 0.0661. The van der Waals surface area contributed by atoms with Crippen LogP contribution in [0.15, 0.2) is 62.5 Å². The van der Waals surface area contributed by atoms with Crippen LogP contribution >= 0.6 is 31.9 Å². The summed E-state index contributed by atoms with van der Waals surface area (Å²) in [5.74, 6) is 1.35. The van der Waals surface area contributed by atoms with Gasteiger partial charge < -0.3 is 19.9 Å². The number of halogens is 2. The molecular formula is C21H15Br2N3O3. The van der Waals surface area contributed by atoms with Crippen LogP contribution in [-0.4, -0.2) is 33.5 Å². The predicted octanol–water partition coefficient (Wildman–Crippen LogP) is 5.93. The van der Waals surface area contributed by atoms with E-state index in [0.29, 0.717) is 15.7 Å². The Balaban J connectivity index is 1.67. The van der Waals surface area contributed by atoms with Crippen LogP contribution in [0.5, 0.6) is 17.2 Å². The summed E-state index contributed by atoms with van der Waals surface area (Å²) in [6, 6.07) is 14.9. The van der Waals surface area contributed by atoms with Crippen molar-refractivity contribution in [2.75, 3.05) is 7.11 Å². The summed E-state index contributed by atoms with van der Waals surface area (Å²) in [5, 5.41) is 20.0. The topological polar surface area (TPSA) is 90.7 Å². The Morgan fingerprint density at radius 1 is 1.07 bits per heavy atom. The summed E-state index contributed by atoms with van der Waals surface area (Å²) in [5.41, 5.74) is 3.74. The highest BCUT2D eigenvalue weighted by molar-refractivity contribution is 9.11. The van der Waals surface area contributed by atoms with Gasteiger partial charge in [0.25, 0.3) is 0 Å². The quantitative estimate of drug-likeness (QED) is 0.293. The molecule has 0 unspecified atom stereocenters. The number of aromatic nitrogens is 2. The van der Waals surface area contributed by atoms with E-state index in [2.05, 4.69) is 46.8 Å². The zero-order valence-electron chi connectivity index (χ0n) is 15.1. The summed E-state index contributed by atoms with van der Waals surface area (Å²) in [6.45, 7) is 0. The smallest absolute Gasteiger partial charge is 0.147 e. The SMILES string of the molecule is COc1cccc(-c2nc3ccc(N=Cc4cc(Br)c(O)c(Br)c4O)cc3[nH]2)c1. The fraction of sp³-hybridized carbons (Fsp3) is 0.0476. The Labute approximate surface area is 183 Å². The van der Waals surface area contributed by atoms with Crippen LogP contribution in [0.1, 0.15) is 5.56 Å². The van der Waals surface area contributed by atoms with E-state index in [4.69, 9.17) is 4.74 Å². The van der Waals surface area contributed by atoms with Gasteiger partial charge in [-0.1, -0.05) is 12.1 Å². The summed E-state index contributed by atoms with van der Waals surface area (Å²) >= 11 is 6.41. The lowest BCUT2D eigenvalue weighted by Gasteiger charge is -2.06. The zero-order chi connectivity index (χ0) is 20.5. The highest BCUT2D eigenvalue weighted by atomic mass is 79.9. The fourth-order valence-corrected chi connectivity index (χ4v) is 4.00.